The molecule has 0 saturated heterocycles. The summed E-state index contributed by atoms with van der Waals surface area (Å²) in [6.45, 7) is 0. The van der Waals surface area contributed by atoms with Gasteiger partial charge in [0.05, 0.1) is 5.38 Å². The Morgan fingerprint density at radius 2 is 1.74 bits per heavy atom. The first kappa shape index (κ1) is 13.3. The van der Waals surface area contributed by atoms with Crippen LogP contribution >= 0.6 is 46.1 Å². The predicted molar refractivity (Wildman–Crippen MR) is 86.0 cm³/mol. The van der Waals surface area contributed by atoms with E-state index >= 15 is 0 Å². The lowest BCUT2D eigenvalue weighted by Crippen LogP contribution is -1.91. The summed E-state index contributed by atoms with van der Waals surface area (Å²) in [5.41, 5.74) is 0.888. The quantitative estimate of drug-likeness (QED) is 0.469. The van der Waals surface area contributed by atoms with Crippen molar-refractivity contribution in [2.24, 2.45) is 0 Å². The smallest absolute Gasteiger partial charge is 0.0942 e. The summed E-state index contributed by atoms with van der Waals surface area (Å²) < 4.78 is 1.23. The molecule has 0 nitrogen and oxygen atoms in total. The predicted octanol–water partition coefficient (Wildman–Crippen LogP) is 6.54. The monoisotopic (exact) mass is 326 g/mol. The molecule has 3 rings (SSSR count). The lowest BCUT2D eigenvalue weighted by atomic mass is 10.1. The molecule has 19 heavy (non-hydrogen) atoms. The molecule has 0 radical (unpaired) electrons. The maximum absolute atomic E-state index is 6.54. The summed E-state index contributed by atoms with van der Waals surface area (Å²) in [4.78, 5) is 1.09. The van der Waals surface area contributed by atoms with E-state index in [0.717, 1.165) is 10.4 Å². The van der Waals surface area contributed by atoms with Crippen LogP contribution in [0.2, 0.25) is 10.0 Å². The van der Waals surface area contributed by atoms with E-state index in [4.69, 9.17) is 34.8 Å². The zero-order valence-corrected chi connectivity index (χ0v) is 12.8. The van der Waals surface area contributed by atoms with Crippen LogP contribution in [0.4, 0.5) is 0 Å². The molecule has 0 aliphatic rings. The number of hydrogen-bond donors (Lipinski definition) is 0. The van der Waals surface area contributed by atoms with Gasteiger partial charge in [0.2, 0.25) is 0 Å². The van der Waals surface area contributed by atoms with Crippen LogP contribution in [0.25, 0.3) is 10.1 Å². The highest BCUT2D eigenvalue weighted by molar-refractivity contribution is 7.19. The normalized spacial score (nSPS) is 12.8. The lowest BCUT2D eigenvalue weighted by molar-refractivity contribution is 1.19. The van der Waals surface area contributed by atoms with Crippen LogP contribution in [0, 0.1) is 0 Å². The number of rotatable bonds is 2. The molecule has 0 fully saturated rings. The van der Waals surface area contributed by atoms with E-state index < -0.39 is 0 Å². The fourth-order valence-electron chi connectivity index (χ4n) is 1.99. The standard InChI is InChI=1S/C15H9Cl3S/c16-10-5-6-11(12(17)8-10)15(18)14-7-9-3-1-2-4-13(9)19-14/h1-8,15H. The summed E-state index contributed by atoms with van der Waals surface area (Å²) in [6, 6.07) is 15.8. The minimum Gasteiger partial charge on any atom is -0.138 e. The highest BCUT2D eigenvalue weighted by Crippen LogP contribution is 2.40. The van der Waals surface area contributed by atoms with Crippen LogP contribution in [0.15, 0.2) is 48.5 Å². The molecular formula is C15H9Cl3S. The number of alkyl halides is 1. The van der Waals surface area contributed by atoms with Crippen molar-refractivity contribution in [2.45, 2.75) is 5.38 Å². The van der Waals surface area contributed by atoms with Gasteiger partial charge < -0.3 is 0 Å². The highest BCUT2D eigenvalue weighted by Gasteiger charge is 2.17. The van der Waals surface area contributed by atoms with Gasteiger partial charge in [0.1, 0.15) is 0 Å². The second kappa shape index (κ2) is 5.34. The van der Waals surface area contributed by atoms with Gasteiger partial charge in [0, 0.05) is 19.6 Å². The van der Waals surface area contributed by atoms with Crippen molar-refractivity contribution in [3.63, 3.8) is 0 Å². The number of halogens is 3. The summed E-state index contributed by atoms with van der Waals surface area (Å²) in [5, 5.41) is 2.18. The molecule has 0 aliphatic heterocycles. The van der Waals surface area contributed by atoms with Crippen LogP contribution in [0.3, 0.4) is 0 Å². The van der Waals surface area contributed by atoms with Crippen molar-refractivity contribution in [3.8, 4) is 0 Å². The average molecular weight is 328 g/mol. The molecule has 3 aromatic rings. The zero-order valence-electron chi connectivity index (χ0n) is 9.74. The Bertz CT molecular complexity index is 700. The molecule has 1 unspecified atom stereocenters. The second-order valence-electron chi connectivity index (χ2n) is 4.21. The van der Waals surface area contributed by atoms with Gasteiger partial charge in [-0.25, -0.2) is 0 Å². The maximum Gasteiger partial charge on any atom is 0.0942 e. The number of thiophene rings is 1. The van der Waals surface area contributed by atoms with E-state index in [0.29, 0.717) is 10.0 Å². The van der Waals surface area contributed by atoms with E-state index in [1.165, 1.54) is 10.1 Å². The van der Waals surface area contributed by atoms with Crippen molar-refractivity contribution in [1.82, 2.24) is 0 Å². The number of hydrogen-bond acceptors (Lipinski definition) is 1. The van der Waals surface area contributed by atoms with Crippen LogP contribution in [-0.4, -0.2) is 0 Å². The first-order chi connectivity index (χ1) is 9.15. The van der Waals surface area contributed by atoms with Gasteiger partial charge in [-0.3, -0.25) is 0 Å². The first-order valence-electron chi connectivity index (χ1n) is 5.72. The number of fused-ring (bicyclic) bond motifs is 1. The molecule has 1 atom stereocenters. The molecule has 0 spiro atoms. The molecule has 0 bridgehead atoms. The van der Waals surface area contributed by atoms with Gasteiger partial charge >= 0.3 is 0 Å². The van der Waals surface area contributed by atoms with E-state index in [1.807, 2.05) is 24.3 Å². The SMILES string of the molecule is Clc1ccc(C(Cl)c2cc3ccccc3s2)c(Cl)c1. The van der Waals surface area contributed by atoms with Gasteiger partial charge in [0.15, 0.2) is 0 Å². The topological polar surface area (TPSA) is 0 Å². The fourth-order valence-corrected chi connectivity index (χ4v) is 4.01. The van der Waals surface area contributed by atoms with Crippen LogP contribution in [0.1, 0.15) is 15.8 Å². The Kier molecular flexibility index (Phi) is 3.72. The van der Waals surface area contributed by atoms with Crippen molar-refractivity contribution >= 4 is 56.2 Å². The summed E-state index contributed by atoms with van der Waals surface area (Å²) >= 11 is 20.3. The minimum atomic E-state index is -0.248. The Morgan fingerprint density at radius 3 is 2.47 bits per heavy atom. The highest BCUT2D eigenvalue weighted by atomic mass is 35.5. The van der Waals surface area contributed by atoms with Gasteiger partial charge in [-0.1, -0.05) is 47.5 Å². The Morgan fingerprint density at radius 1 is 0.947 bits per heavy atom. The molecule has 0 N–H and O–H groups in total. The average Bonchev–Trinajstić information content (AvgIpc) is 2.81. The van der Waals surface area contributed by atoms with Crippen molar-refractivity contribution in [2.75, 3.05) is 0 Å². The molecule has 1 heterocycles. The number of benzene rings is 2. The summed E-state index contributed by atoms with van der Waals surface area (Å²) in [6.07, 6.45) is 0. The van der Waals surface area contributed by atoms with Crippen molar-refractivity contribution < 1.29 is 0 Å². The molecule has 2 aromatic carbocycles. The van der Waals surface area contributed by atoms with E-state index in [2.05, 4.69) is 18.2 Å². The minimum absolute atomic E-state index is 0.248. The summed E-state index contributed by atoms with van der Waals surface area (Å²) in [5.74, 6) is 0. The molecule has 4 heteroatoms. The molecule has 0 aliphatic carbocycles. The van der Waals surface area contributed by atoms with Crippen molar-refractivity contribution in [1.29, 1.82) is 0 Å². The second-order valence-corrected chi connectivity index (χ2v) is 6.61. The van der Waals surface area contributed by atoms with Crippen LogP contribution in [0.5, 0.6) is 0 Å². The maximum atomic E-state index is 6.54. The Hall–Kier alpha value is -0.730. The van der Waals surface area contributed by atoms with Crippen LogP contribution < -0.4 is 0 Å². The summed E-state index contributed by atoms with van der Waals surface area (Å²) in [7, 11) is 0. The van der Waals surface area contributed by atoms with Gasteiger partial charge in [-0.15, -0.1) is 22.9 Å². The van der Waals surface area contributed by atoms with E-state index in [1.54, 1.807) is 17.4 Å². The third-order valence-electron chi connectivity index (χ3n) is 2.93. The van der Waals surface area contributed by atoms with Crippen LogP contribution in [-0.2, 0) is 0 Å². The van der Waals surface area contributed by atoms with Crippen molar-refractivity contribution in [3.05, 3.63) is 69.0 Å². The molecule has 96 valence electrons. The van der Waals surface area contributed by atoms with Gasteiger partial charge in [-0.05, 0) is 35.2 Å². The molecule has 0 amide bonds. The van der Waals surface area contributed by atoms with E-state index in [9.17, 15) is 0 Å². The Balaban J connectivity index is 2.05. The Labute approximate surface area is 130 Å². The van der Waals surface area contributed by atoms with Gasteiger partial charge in [0.25, 0.3) is 0 Å². The largest absolute Gasteiger partial charge is 0.138 e. The first-order valence-corrected chi connectivity index (χ1v) is 7.73. The molecular weight excluding hydrogens is 319 g/mol. The molecule has 0 saturated carbocycles. The lowest BCUT2D eigenvalue weighted by Gasteiger charge is -2.09. The third-order valence-corrected chi connectivity index (χ3v) is 5.27. The van der Waals surface area contributed by atoms with Gasteiger partial charge in [-0.2, -0.15) is 0 Å². The fraction of sp³-hybridized carbons (Fsp3) is 0.0667. The zero-order chi connectivity index (χ0) is 13.4. The third kappa shape index (κ3) is 2.61. The molecule has 1 aromatic heterocycles. The van der Waals surface area contributed by atoms with E-state index in [-0.39, 0.29) is 5.38 Å².